The molecule has 100 valence electrons. The number of ether oxygens (including phenoxy) is 1. The van der Waals surface area contributed by atoms with Gasteiger partial charge in [-0.1, -0.05) is 0 Å². The lowest BCUT2D eigenvalue weighted by molar-refractivity contribution is 0.0933. The highest BCUT2D eigenvalue weighted by atomic mass is 16.5. The van der Waals surface area contributed by atoms with E-state index < -0.39 is 0 Å². The maximum absolute atomic E-state index is 12.1. The smallest absolute Gasteiger partial charge is 0.251 e. The molecule has 1 aromatic rings. The molecule has 4 nitrogen and oxygen atoms in total. The fourth-order valence-electron chi connectivity index (χ4n) is 2.41. The molecular weight excluding hydrogens is 240 g/mol. The molecule has 0 bridgehead atoms. The SMILES string of the molecule is CCOc1ccc(C(=O)NC2CCCC2C#N)cc1. The van der Waals surface area contributed by atoms with Crippen molar-refractivity contribution in [2.24, 2.45) is 5.92 Å². The van der Waals surface area contributed by atoms with Crippen molar-refractivity contribution in [3.05, 3.63) is 29.8 Å². The molecule has 0 spiro atoms. The lowest BCUT2D eigenvalue weighted by Gasteiger charge is -2.15. The Labute approximate surface area is 113 Å². The Hall–Kier alpha value is -2.02. The number of rotatable bonds is 4. The number of hydrogen-bond acceptors (Lipinski definition) is 3. The molecular formula is C15H18N2O2. The van der Waals surface area contributed by atoms with Gasteiger partial charge in [0.05, 0.1) is 18.6 Å². The van der Waals surface area contributed by atoms with Crippen LogP contribution in [-0.4, -0.2) is 18.6 Å². The Kier molecular flexibility index (Phi) is 4.40. The molecule has 1 N–H and O–H groups in total. The van der Waals surface area contributed by atoms with Crippen molar-refractivity contribution in [2.45, 2.75) is 32.2 Å². The molecule has 4 heteroatoms. The number of nitrogens with zero attached hydrogens (tertiary/aromatic N) is 1. The summed E-state index contributed by atoms with van der Waals surface area (Å²) >= 11 is 0. The van der Waals surface area contributed by atoms with Crippen LogP contribution in [0.15, 0.2) is 24.3 Å². The van der Waals surface area contributed by atoms with Crippen LogP contribution < -0.4 is 10.1 Å². The van der Waals surface area contributed by atoms with Gasteiger partial charge in [-0.05, 0) is 50.5 Å². The van der Waals surface area contributed by atoms with E-state index in [-0.39, 0.29) is 17.9 Å². The molecule has 1 fully saturated rings. The van der Waals surface area contributed by atoms with Crippen LogP contribution in [0.3, 0.4) is 0 Å². The average molecular weight is 258 g/mol. The fraction of sp³-hybridized carbons (Fsp3) is 0.467. The van der Waals surface area contributed by atoms with Crippen LogP contribution in [0.5, 0.6) is 5.75 Å². The van der Waals surface area contributed by atoms with Crippen LogP contribution in [0.1, 0.15) is 36.5 Å². The summed E-state index contributed by atoms with van der Waals surface area (Å²) in [6, 6.07) is 9.32. The highest BCUT2D eigenvalue weighted by Gasteiger charge is 2.28. The first kappa shape index (κ1) is 13.4. The second-order valence-corrected chi connectivity index (χ2v) is 4.70. The van der Waals surface area contributed by atoms with E-state index in [0.717, 1.165) is 25.0 Å². The Balaban J connectivity index is 1.98. The molecule has 2 unspecified atom stereocenters. The minimum Gasteiger partial charge on any atom is -0.494 e. The summed E-state index contributed by atoms with van der Waals surface area (Å²) in [5.74, 6) is 0.594. The normalized spacial score (nSPS) is 21.7. The molecule has 1 aliphatic rings. The van der Waals surface area contributed by atoms with E-state index in [2.05, 4.69) is 11.4 Å². The molecule has 1 aromatic carbocycles. The van der Waals surface area contributed by atoms with Gasteiger partial charge in [-0.2, -0.15) is 5.26 Å². The van der Waals surface area contributed by atoms with Gasteiger partial charge >= 0.3 is 0 Å². The maximum atomic E-state index is 12.1. The molecule has 19 heavy (non-hydrogen) atoms. The zero-order valence-corrected chi connectivity index (χ0v) is 11.1. The molecule has 0 radical (unpaired) electrons. The zero-order valence-electron chi connectivity index (χ0n) is 11.1. The predicted octanol–water partition coefficient (Wildman–Crippen LogP) is 2.51. The van der Waals surface area contributed by atoms with Crippen molar-refractivity contribution in [3.8, 4) is 11.8 Å². The molecule has 0 aromatic heterocycles. The third kappa shape index (κ3) is 3.25. The summed E-state index contributed by atoms with van der Waals surface area (Å²) in [7, 11) is 0. The molecule has 0 heterocycles. The first-order valence-electron chi connectivity index (χ1n) is 6.68. The molecule has 2 rings (SSSR count). The van der Waals surface area contributed by atoms with Gasteiger partial charge in [-0.15, -0.1) is 0 Å². The lowest BCUT2D eigenvalue weighted by atomic mass is 10.1. The van der Waals surface area contributed by atoms with Crippen molar-refractivity contribution in [1.82, 2.24) is 5.32 Å². The van der Waals surface area contributed by atoms with E-state index >= 15 is 0 Å². The Bertz CT molecular complexity index is 476. The number of nitriles is 1. The molecule has 1 aliphatic carbocycles. The van der Waals surface area contributed by atoms with Crippen molar-refractivity contribution in [1.29, 1.82) is 5.26 Å². The third-order valence-corrected chi connectivity index (χ3v) is 3.43. The van der Waals surface area contributed by atoms with E-state index in [1.54, 1.807) is 24.3 Å². The lowest BCUT2D eigenvalue weighted by Crippen LogP contribution is -2.36. The topological polar surface area (TPSA) is 62.1 Å². The minimum atomic E-state index is -0.116. The van der Waals surface area contributed by atoms with Crippen LogP contribution in [-0.2, 0) is 0 Å². The molecule has 1 saturated carbocycles. The highest BCUT2D eigenvalue weighted by Crippen LogP contribution is 2.25. The summed E-state index contributed by atoms with van der Waals surface area (Å²) < 4.78 is 5.33. The minimum absolute atomic E-state index is 0.0101. The first-order valence-corrected chi connectivity index (χ1v) is 6.68. The largest absolute Gasteiger partial charge is 0.494 e. The number of nitrogens with one attached hydrogen (secondary N) is 1. The van der Waals surface area contributed by atoms with Crippen molar-refractivity contribution >= 4 is 5.91 Å². The predicted molar refractivity (Wildman–Crippen MR) is 71.8 cm³/mol. The Morgan fingerprint density at radius 2 is 2.16 bits per heavy atom. The van der Waals surface area contributed by atoms with Crippen molar-refractivity contribution in [3.63, 3.8) is 0 Å². The number of carbonyl (C=O) groups excluding carboxylic acids is 1. The van der Waals surface area contributed by atoms with Gasteiger partial charge in [-0.3, -0.25) is 4.79 Å². The van der Waals surface area contributed by atoms with Gasteiger partial charge in [0.1, 0.15) is 5.75 Å². The van der Waals surface area contributed by atoms with Crippen LogP contribution >= 0.6 is 0 Å². The highest BCUT2D eigenvalue weighted by molar-refractivity contribution is 5.94. The van der Waals surface area contributed by atoms with Crippen molar-refractivity contribution < 1.29 is 9.53 Å². The second-order valence-electron chi connectivity index (χ2n) is 4.70. The van der Waals surface area contributed by atoms with E-state index in [4.69, 9.17) is 10.00 Å². The van der Waals surface area contributed by atoms with Gasteiger partial charge in [0, 0.05) is 11.6 Å². The van der Waals surface area contributed by atoms with E-state index in [1.807, 2.05) is 6.92 Å². The monoisotopic (exact) mass is 258 g/mol. The van der Waals surface area contributed by atoms with E-state index in [0.29, 0.717) is 12.2 Å². The molecule has 0 aliphatic heterocycles. The van der Waals surface area contributed by atoms with Crippen LogP contribution in [0.2, 0.25) is 0 Å². The summed E-state index contributed by atoms with van der Waals surface area (Å²) in [4.78, 5) is 12.1. The number of amides is 1. The van der Waals surface area contributed by atoms with Gasteiger partial charge in [0.2, 0.25) is 0 Å². The Morgan fingerprint density at radius 3 is 2.79 bits per heavy atom. The van der Waals surface area contributed by atoms with E-state index in [1.165, 1.54) is 0 Å². The summed E-state index contributed by atoms with van der Waals surface area (Å²) in [5, 5.41) is 11.9. The van der Waals surface area contributed by atoms with Gasteiger partial charge in [-0.25, -0.2) is 0 Å². The molecule has 0 saturated heterocycles. The van der Waals surface area contributed by atoms with Crippen LogP contribution in [0.4, 0.5) is 0 Å². The van der Waals surface area contributed by atoms with Gasteiger partial charge in [0.15, 0.2) is 0 Å². The van der Waals surface area contributed by atoms with Crippen molar-refractivity contribution in [2.75, 3.05) is 6.61 Å². The molecule has 1 amide bonds. The second kappa shape index (κ2) is 6.24. The van der Waals surface area contributed by atoms with Gasteiger partial charge < -0.3 is 10.1 Å². The summed E-state index contributed by atoms with van der Waals surface area (Å²) in [6.45, 7) is 2.53. The number of benzene rings is 1. The van der Waals surface area contributed by atoms with E-state index in [9.17, 15) is 4.79 Å². The standard InChI is InChI=1S/C15H18N2O2/c1-2-19-13-8-6-11(7-9-13)15(18)17-14-5-3-4-12(14)10-16/h6-9,12,14H,2-5H2,1H3,(H,17,18). The quantitative estimate of drug-likeness (QED) is 0.902. The Morgan fingerprint density at radius 1 is 1.42 bits per heavy atom. The first-order chi connectivity index (χ1) is 9.24. The summed E-state index contributed by atoms with van der Waals surface area (Å²) in [6.07, 6.45) is 2.78. The van der Waals surface area contributed by atoms with Gasteiger partial charge in [0.25, 0.3) is 5.91 Å². The number of hydrogen-bond donors (Lipinski definition) is 1. The fourth-order valence-corrected chi connectivity index (χ4v) is 2.41. The zero-order chi connectivity index (χ0) is 13.7. The average Bonchev–Trinajstić information content (AvgIpc) is 2.87. The third-order valence-electron chi connectivity index (χ3n) is 3.43. The van der Waals surface area contributed by atoms with Crippen LogP contribution in [0, 0.1) is 17.2 Å². The van der Waals surface area contributed by atoms with Crippen LogP contribution in [0.25, 0.3) is 0 Å². The maximum Gasteiger partial charge on any atom is 0.251 e. The molecule has 2 atom stereocenters. The summed E-state index contributed by atoms with van der Waals surface area (Å²) in [5.41, 5.74) is 0.604. The number of carbonyl (C=O) groups is 1.